The number of carbonyl (C=O) groups is 1. The first kappa shape index (κ1) is 8.07. The van der Waals surface area contributed by atoms with Crippen LogP contribution in [-0.2, 0) is 9.63 Å². The first-order chi connectivity index (χ1) is 2.89. The molecule has 1 heterocycles. The van der Waals surface area contributed by atoms with Crippen molar-refractivity contribution in [3.8, 4) is 0 Å². The fraction of sp³-hybridized carbons (Fsp3) is 0.667. The van der Waals surface area contributed by atoms with E-state index < -0.39 is 0 Å². The summed E-state index contributed by atoms with van der Waals surface area (Å²) < 4.78 is 0. The van der Waals surface area contributed by atoms with Crippen molar-refractivity contribution in [2.45, 2.75) is 6.42 Å². The molecule has 0 unspecified atom stereocenters. The summed E-state index contributed by atoms with van der Waals surface area (Å²) in [6.45, 7) is 0.527. The Morgan fingerprint density at radius 1 is 1.86 bits per heavy atom. The van der Waals surface area contributed by atoms with Gasteiger partial charge in [-0.05, 0) is 0 Å². The van der Waals surface area contributed by atoms with Crippen LogP contribution in [0, 0.1) is 0 Å². The quantitative estimate of drug-likeness (QED) is 0.344. The molecule has 1 saturated heterocycles. The Morgan fingerprint density at radius 2 is 2.57 bits per heavy atom. The largest absolute Gasteiger partial charge is 1.00 e. The van der Waals surface area contributed by atoms with Crippen molar-refractivity contribution in [1.82, 2.24) is 5.48 Å². The number of nitrogens with one attached hydrogen (secondary N) is 1. The Kier molecular flexibility index (Phi) is 4.61. The maximum Gasteiger partial charge on any atom is 1.00 e. The molecule has 0 aliphatic carbocycles. The van der Waals surface area contributed by atoms with Crippen molar-refractivity contribution >= 4 is 5.91 Å². The zero-order valence-corrected chi connectivity index (χ0v) is 7.35. The SMILES string of the molecule is O=C1CCON1.[H-].[K+]. The molecule has 1 rings (SSSR count). The van der Waals surface area contributed by atoms with Crippen LogP contribution in [-0.4, -0.2) is 12.5 Å². The summed E-state index contributed by atoms with van der Waals surface area (Å²) in [5, 5.41) is 0. The van der Waals surface area contributed by atoms with Crippen molar-refractivity contribution < 1.29 is 62.4 Å². The van der Waals surface area contributed by atoms with E-state index >= 15 is 0 Å². The van der Waals surface area contributed by atoms with Gasteiger partial charge in [0.15, 0.2) is 0 Å². The van der Waals surface area contributed by atoms with Gasteiger partial charge < -0.3 is 1.43 Å². The van der Waals surface area contributed by atoms with E-state index in [-0.39, 0.29) is 58.7 Å². The molecule has 0 bridgehead atoms. The van der Waals surface area contributed by atoms with Crippen LogP contribution in [0.4, 0.5) is 0 Å². The third-order valence-corrected chi connectivity index (χ3v) is 0.617. The van der Waals surface area contributed by atoms with Crippen LogP contribution in [0.2, 0.25) is 0 Å². The van der Waals surface area contributed by atoms with Gasteiger partial charge in [-0.15, -0.1) is 0 Å². The van der Waals surface area contributed by atoms with Gasteiger partial charge in [0.1, 0.15) is 0 Å². The van der Waals surface area contributed by atoms with E-state index in [4.69, 9.17) is 0 Å². The fourth-order valence-electron chi connectivity index (χ4n) is 0.326. The molecular formula is C3H6KNO2. The summed E-state index contributed by atoms with van der Waals surface area (Å²) in [4.78, 5) is 14.5. The van der Waals surface area contributed by atoms with E-state index in [0.29, 0.717) is 13.0 Å². The second-order valence-corrected chi connectivity index (χ2v) is 1.12. The summed E-state index contributed by atoms with van der Waals surface area (Å²) in [6, 6.07) is 0. The minimum absolute atomic E-state index is 0. The Bertz CT molecular complexity index is 71.7. The maximum atomic E-state index is 10.0. The van der Waals surface area contributed by atoms with Crippen LogP contribution in [0.3, 0.4) is 0 Å². The minimum Gasteiger partial charge on any atom is -1.00 e. The number of rotatable bonds is 0. The summed E-state index contributed by atoms with van der Waals surface area (Å²) in [6.07, 6.45) is 0.514. The number of amides is 1. The third-order valence-electron chi connectivity index (χ3n) is 0.617. The molecule has 7 heavy (non-hydrogen) atoms. The van der Waals surface area contributed by atoms with Gasteiger partial charge in [0.2, 0.25) is 5.91 Å². The summed E-state index contributed by atoms with van der Waals surface area (Å²) in [5.74, 6) is -0.0185. The van der Waals surface area contributed by atoms with Gasteiger partial charge in [-0.25, -0.2) is 5.48 Å². The van der Waals surface area contributed by atoms with Crippen LogP contribution in [0.5, 0.6) is 0 Å². The molecule has 0 saturated carbocycles. The van der Waals surface area contributed by atoms with Crippen molar-refractivity contribution in [3.63, 3.8) is 0 Å². The van der Waals surface area contributed by atoms with E-state index in [1.807, 2.05) is 0 Å². The normalized spacial score (nSPS) is 18.0. The standard InChI is InChI=1S/C3H5NO2.K.H/c5-3-1-2-6-4-3;;/h1-2H2,(H,4,5);;/q;+1;-1. The van der Waals surface area contributed by atoms with Gasteiger partial charge in [0, 0.05) is 0 Å². The number of carbonyl (C=O) groups excluding carboxylic acids is 1. The Balaban J connectivity index is 0. The molecule has 3 nitrogen and oxygen atoms in total. The van der Waals surface area contributed by atoms with Crippen LogP contribution >= 0.6 is 0 Å². The molecule has 1 aliphatic rings. The predicted molar refractivity (Wildman–Crippen MR) is 19.8 cm³/mol. The molecule has 0 radical (unpaired) electrons. The summed E-state index contributed by atoms with van der Waals surface area (Å²) in [5.41, 5.74) is 2.18. The third kappa shape index (κ3) is 2.79. The van der Waals surface area contributed by atoms with E-state index in [9.17, 15) is 4.79 Å². The fourth-order valence-corrected chi connectivity index (χ4v) is 0.326. The molecule has 0 aromatic carbocycles. The van der Waals surface area contributed by atoms with Gasteiger partial charge in [0.25, 0.3) is 0 Å². The van der Waals surface area contributed by atoms with Gasteiger partial charge in [0.05, 0.1) is 13.0 Å². The van der Waals surface area contributed by atoms with Crippen LogP contribution in [0.25, 0.3) is 0 Å². The van der Waals surface area contributed by atoms with E-state index in [0.717, 1.165) is 0 Å². The maximum absolute atomic E-state index is 10.0. The molecule has 36 valence electrons. The zero-order chi connectivity index (χ0) is 4.41. The molecule has 0 aromatic heterocycles. The molecule has 0 atom stereocenters. The number of hydrogen-bond acceptors (Lipinski definition) is 2. The van der Waals surface area contributed by atoms with Crippen molar-refractivity contribution in [3.05, 3.63) is 0 Å². The van der Waals surface area contributed by atoms with E-state index in [1.165, 1.54) is 0 Å². The molecule has 4 heteroatoms. The molecule has 1 N–H and O–H groups in total. The minimum atomic E-state index is -0.0185. The van der Waals surface area contributed by atoms with E-state index in [1.54, 1.807) is 0 Å². The molecule has 0 aromatic rings. The molecule has 0 spiro atoms. The van der Waals surface area contributed by atoms with Crippen molar-refractivity contribution in [2.24, 2.45) is 0 Å². The van der Waals surface area contributed by atoms with Gasteiger partial charge in [-0.1, -0.05) is 0 Å². The second kappa shape index (κ2) is 4.00. The van der Waals surface area contributed by atoms with Crippen LogP contribution < -0.4 is 56.9 Å². The average Bonchev–Trinajstić information content (AvgIpc) is 1.86. The van der Waals surface area contributed by atoms with Gasteiger partial charge >= 0.3 is 51.4 Å². The number of hydroxylamine groups is 1. The Morgan fingerprint density at radius 3 is 2.71 bits per heavy atom. The molecule has 1 amide bonds. The Hall–Kier alpha value is 1.07. The van der Waals surface area contributed by atoms with E-state index in [2.05, 4.69) is 10.3 Å². The zero-order valence-electron chi connectivity index (χ0n) is 5.23. The van der Waals surface area contributed by atoms with Crippen LogP contribution in [0.1, 0.15) is 7.85 Å². The molecule has 1 aliphatic heterocycles. The van der Waals surface area contributed by atoms with Crippen molar-refractivity contribution in [2.75, 3.05) is 6.61 Å². The van der Waals surface area contributed by atoms with Gasteiger partial charge in [-0.3, -0.25) is 9.63 Å². The Labute approximate surface area is 85.6 Å². The molecular weight excluding hydrogens is 121 g/mol. The first-order valence-corrected chi connectivity index (χ1v) is 1.80. The topological polar surface area (TPSA) is 38.3 Å². The monoisotopic (exact) mass is 127 g/mol. The second-order valence-electron chi connectivity index (χ2n) is 1.12. The van der Waals surface area contributed by atoms with Crippen LogP contribution in [0.15, 0.2) is 0 Å². The first-order valence-electron chi connectivity index (χ1n) is 1.80. The summed E-state index contributed by atoms with van der Waals surface area (Å²) >= 11 is 0. The average molecular weight is 127 g/mol. The predicted octanol–water partition coefficient (Wildman–Crippen LogP) is -3.45. The summed E-state index contributed by atoms with van der Waals surface area (Å²) in [7, 11) is 0. The van der Waals surface area contributed by atoms with Crippen molar-refractivity contribution in [1.29, 1.82) is 0 Å². The molecule has 1 fully saturated rings. The number of hydrogen-bond donors (Lipinski definition) is 1. The van der Waals surface area contributed by atoms with Gasteiger partial charge in [-0.2, -0.15) is 0 Å². The smallest absolute Gasteiger partial charge is 1.00 e.